The van der Waals surface area contributed by atoms with E-state index in [4.69, 9.17) is 0 Å². The molecule has 2 aromatic heterocycles. The second-order valence-corrected chi connectivity index (χ2v) is 9.26. The van der Waals surface area contributed by atoms with Crippen molar-refractivity contribution in [3.05, 3.63) is 65.6 Å². The predicted molar refractivity (Wildman–Crippen MR) is 120 cm³/mol. The Morgan fingerprint density at radius 3 is 2.56 bits per heavy atom. The van der Waals surface area contributed by atoms with Crippen molar-refractivity contribution < 1.29 is 18.0 Å². The minimum Gasteiger partial charge on any atom is -0.368 e. The molecule has 7 nitrogen and oxygen atoms in total. The van der Waals surface area contributed by atoms with Crippen LogP contribution in [0.4, 0.5) is 19.0 Å². The summed E-state index contributed by atoms with van der Waals surface area (Å²) in [6, 6.07) is 7.84. The first kappa shape index (κ1) is 22.4. The van der Waals surface area contributed by atoms with Crippen molar-refractivity contribution in [2.45, 2.75) is 44.8 Å². The van der Waals surface area contributed by atoms with E-state index >= 15 is 0 Å². The molecule has 10 heteroatoms. The number of aryl methyl sites for hydroxylation is 1. The molecule has 0 radical (unpaired) electrons. The van der Waals surface area contributed by atoms with Gasteiger partial charge in [-0.3, -0.25) is 4.79 Å². The first-order chi connectivity index (χ1) is 16.2. The van der Waals surface area contributed by atoms with E-state index in [1.807, 2.05) is 30.0 Å². The molecular formula is C24H25F3N6O. The summed E-state index contributed by atoms with van der Waals surface area (Å²) in [6.07, 6.45) is 3.64. The van der Waals surface area contributed by atoms with Crippen molar-refractivity contribution in [3.8, 4) is 5.69 Å². The van der Waals surface area contributed by atoms with Crippen molar-refractivity contribution in [1.82, 2.24) is 24.9 Å². The number of amides is 1. The van der Waals surface area contributed by atoms with E-state index in [1.54, 1.807) is 12.4 Å². The van der Waals surface area contributed by atoms with Gasteiger partial charge in [0.1, 0.15) is 5.82 Å². The van der Waals surface area contributed by atoms with Crippen LogP contribution in [0, 0.1) is 12.3 Å². The SMILES string of the molecule is Cc1ccc(-n2nccn2)c(C(=O)N2CCC3(CC3)CC2CNc2ccc(C(F)(F)F)cn2)c1. The van der Waals surface area contributed by atoms with Gasteiger partial charge >= 0.3 is 6.18 Å². The van der Waals surface area contributed by atoms with Crippen LogP contribution in [-0.4, -0.2) is 49.9 Å². The highest BCUT2D eigenvalue weighted by molar-refractivity contribution is 5.98. The second kappa shape index (κ2) is 8.41. The van der Waals surface area contributed by atoms with Crippen LogP contribution in [0.15, 0.2) is 48.9 Å². The van der Waals surface area contributed by atoms with E-state index in [0.717, 1.165) is 43.5 Å². The number of piperidine rings is 1. The minimum atomic E-state index is -4.43. The van der Waals surface area contributed by atoms with Crippen LogP contribution >= 0.6 is 0 Å². The number of rotatable bonds is 5. The maximum atomic E-state index is 13.8. The topological polar surface area (TPSA) is 75.9 Å². The molecule has 1 atom stereocenters. The maximum Gasteiger partial charge on any atom is 0.417 e. The predicted octanol–water partition coefficient (Wildman–Crippen LogP) is 4.49. The molecule has 1 aliphatic heterocycles. The van der Waals surface area contributed by atoms with Gasteiger partial charge in [-0.25, -0.2) is 4.98 Å². The van der Waals surface area contributed by atoms with E-state index in [1.165, 1.54) is 10.9 Å². The van der Waals surface area contributed by atoms with E-state index in [9.17, 15) is 18.0 Å². The molecule has 34 heavy (non-hydrogen) atoms. The summed E-state index contributed by atoms with van der Waals surface area (Å²) < 4.78 is 38.5. The lowest BCUT2D eigenvalue weighted by molar-refractivity contribution is -0.137. The number of pyridine rings is 1. The number of hydrogen-bond donors (Lipinski definition) is 1. The fourth-order valence-electron chi connectivity index (χ4n) is 4.71. The van der Waals surface area contributed by atoms with E-state index in [-0.39, 0.29) is 17.4 Å². The largest absolute Gasteiger partial charge is 0.417 e. The first-order valence-electron chi connectivity index (χ1n) is 11.3. The van der Waals surface area contributed by atoms with Gasteiger partial charge < -0.3 is 10.2 Å². The molecule has 2 fully saturated rings. The Hall–Kier alpha value is -3.43. The van der Waals surface area contributed by atoms with Crippen molar-refractivity contribution in [3.63, 3.8) is 0 Å². The summed E-state index contributed by atoms with van der Waals surface area (Å²) >= 11 is 0. The number of hydrogen-bond acceptors (Lipinski definition) is 5. The lowest BCUT2D eigenvalue weighted by atomic mass is 9.87. The summed E-state index contributed by atoms with van der Waals surface area (Å²) in [4.78, 5) is 21.0. The Balaban J connectivity index is 1.37. The summed E-state index contributed by atoms with van der Waals surface area (Å²) in [7, 11) is 0. The first-order valence-corrected chi connectivity index (χ1v) is 11.3. The quantitative estimate of drug-likeness (QED) is 0.595. The Morgan fingerprint density at radius 2 is 1.91 bits per heavy atom. The van der Waals surface area contributed by atoms with Gasteiger partial charge in [0.2, 0.25) is 0 Å². The molecule has 1 saturated carbocycles. The lowest BCUT2D eigenvalue weighted by Gasteiger charge is -2.40. The van der Waals surface area contributed by atoms with Crippen LogP contribution in [0.2, 0.25) is 0 Å². The molecule has 2 aliphatic rings. The number of likely N-dealkylation sites (tertiary alicyclic amines) is 1. The number of carbonyl (C=O) groups excluding carboxylic acids is 1. The monoisotopic (exact) mass is 470 g/mol. The highest BCUT2D eigenvalue weighted by Gasteiger charge is 2.49. The number of alkyl halides is 3. The maximum absolute atomic E-state index is 13.8. The van der Waals surface area contributed by atoms with Crippen molar-refractivity contribution >= 4 is 11.7 Å². The Bertz CT molecular complexity index is 1170. The molecule has 0 bridgehead atoms. The summed E-state index contributed by atoms with van der Waals surface area (Å²) in [6.45, 7) is 2.97. The molecule has 1 N–H and O–H groups in total. The molecular weight excluding hydrogens is 445 g/mol. The number of nitrogens with one attached hydrogen (secondary N) is 1. The van der Waals surface area contributed by atoms with E-state index in [2.05, 4.69) is 20.5 Å². The molecule has 1 spiro atoms. The summed E-state index contributed by atoms with van der Waals surface area (Å²) in [5, 5.41) is 11.5. The Labute approximate surface area is 195 Å². The van der Waals surface area contributed by atoms with Crippen molar-refractivity contribution in [2.24, 2.45) is 5.41 Å². The summed E-state index contributed by atoms with van der Waals surface area (Å²) in [5.74, 6) is 0.256. The van der Waals surface area contributed by atoms with Gasteiger partial charge in [0.15, 0.2) is 0 Å². The molecule has 1 unspecified atom stereocenters. The van der Waals surface area contributed by atoms with Gasteiger partial charge in [-0.15, -0.1) is 0 Å². The number of anilines is 1. The van der Waals surface area contributed by atoms with Crippen LogP contribution in [-0.2, 0) is 6.18 Å². The highest BCUT2D eigenvalue weighted by atomic mass is 19.4. The van der Waals surface area contributed by atoms with Crippen LogP contribution in [0.1, 0.15) is 47.2 Å². The van der Waals surface area contributed by atoms with Gasteiger partial charge in [-0.05, 0) is 62.3 Å². The molecule has 3 heterocycles. The van der Waals surface area contributed by atoms with Gasteiger partial charge in [0.05, 0.1) is 29.2 Å². The second-order valence-electron chi connectivity index (χ2n) is 9.26. The van der Waals surface area contributed by atoms with E-state index < -0.39 is 11.7 Å². The summed E-state index contributed by atoms with van der Waals surface area (Å²) in [5.41, 5.74) is 1.58. The van der Waals surface area contributed by atoms with Crippen LogP contribution in [0.5, 0.6) is 0 Å². The van der Waals surface area contributed by atoms with Crippen LogP contribution < -0.4 is 5.32 Å². The normalized spacial score (nSPS) is 19.3. The lowest BCUT2D eigenvalue weighted by Crippen LogP contribution is -2.50. The zero-order valence-electron chi connectivity index (χ0n) is 18.7. The minimum absolute atomic E-state index is 0.0984. The Morgan fingerprint density at radius 1 is 1.15 bits per heavy atom. The molecule has 1 amide bonds. The number of nitrogens with zero attached hydrogens (tertiary/aromatic N) is 5. The molecule has 1 aromatic carbocycles. The fraction of sp³-hybridized carbons (Fsp3) is 0.417. The molecule has 3 aromatic rings. The van der Waals surface area contributed by atoms with Crippen molar-refractivity contribution in [2.75, 3.05) is 18.4 Å². The average Bonchev–Trinajstić information content (AvgIpc) is 3.33. The number of carbonyl (C=O) groups is 1. The Kier molecular flexibility index (Phi) is 5.53. The third kappa shape index (κ3) is 4.49. The van der Waals surface area contributed by atoms with Crippen molar-refractivity contribution in [1.29, 1.82) is 0 Å². The molecule has 178 valence electrons. The third-order valence-electron chi connectivity index (χ3n) is 6.84. The van der Waals surface area contributed by atoms with Gasteiger partial charge in [0.25, 0.3) is 5.91 Å². The zero-order chi connectivity index (χ0) is 23.9. The zero-order valence-corrected chi connectivity index (χ0v) is 18.7. The molecule has 5 rings (SSSR count). The third-order valence-corrected chi connectivity index (χ3v) is 6.84. The average molecular weight is 470 g/mol. The van der Waals surface area contributed by atoms with Crippen LogP contribution in [0.25, 0.3) is 5.69 Å². The number of aromatic nitrogens is 4. The standard InChI is InChI=1S/C24H25F3N6O/c1-16-2-4-20(33-30-9-10-31-33)19(12-16)22(34)32-11-8-23(6-7-23)13-18(32)15-29-21-5-3-17(14-28-21)24(25,26)27/h2-5,9-10,12,14,18H,6-8,11,13,15H2,1H3,(H,28,29). The highest BCUT2D eigenvalue weighted by Crippen LogP contribution is 2.55. The fourth-order valence-corrected chi connectivity index (χ4v) is 4.71. The van der Waals surface area contributed by atoms with Gasteiger partial charge in [0, 0.05) is 25.3 Å². The van der Waals surface area contributed by atoms with Gasteiger partial charge in [-0.1, -0.05) is 11.6 Å². The number of benzene rings is 1. The molecule has 1 saturated heterocycles. The van der Waals surface area contributed by atoms with Crippen LogP contribution in [0.3, 0.4) is 0 Å². The van der Waals surface area contributed by atoms with E-state index in [0.29, 0.717) is 30.2 Å². The molecule has 1 aliphatic carbocycles. The van der Waals surface area contributed by atoms with Gasteiger partial charge in [-0.2, -0.15) is 28.2 Å². The number of halogens is 3. The smallest absolute Gasteiger partial charge is 0.368 e.